The van der Waals surface area contributed by atoms with Crippen molar-refractivity contribution in [3.63, 3.8) is 0 Å². The zero-order valence-corrected chi connectivity index (χ0v) is 8.59. The van der Waals surface area contributed by atoms with Crippen LogP contribution in [0.15, 0.2) is 24.7 Å². The molecule has 3 rings (SSSR count). The number of hydrogen-bond donors (Lipinski definition) is 0. The Labute approximate surface area is 88.0 Å². The largest absolute Gasteiger partial charge is 0.241 e. The van der Waals surface area contributed by atoms with Crippen LogP contribution in [0.25, 0.3) is 5.82 Å². The molecule has 0 amide bonds. The molecule has 2 aromatic rings. The highest BCUT2D eigenvalue weighted by molar-refractivity contribution is 5.23. The van der Waals surface area contributed by atoms with E-state index in [9.17, 15) is 0 Å². The van der Waals surface area contributed by atoms with Gasteiger partial charge in [0.15, 0.2) is 5.82 Å². The lowest BCUT2D eigenvalue weighted by Gasteiger charge is -2.01. The van der Waals surface area contributed by atoms with Gasteiger partial charge in [-0.1, -0.05) is 0 Å². The van der Waals surface area contributed by atoms with E-state index in [0.29, 0.717) is 5.92 Å². The van der Waals surface area contributed by atoms with Crippen molar-refractivity contribution in [1.82, 2.24) is 19.7 Å². The first-order valence-electron chi connectivity index (χ1n) is 5.17. The third-order valence-electron chi connectivity index (χ3n) is 2.55. The van der Waals surface area contributed by atoms with Gasteiger partial charge in [0.25, 0.3) is 0 Å². The fraction of sp³-hybridized carbons (Fsp3) is 0.364. The van der Waals surface area contributed by atoms with E-state index in [1.165, 1.54) is 12.8 Å². The van der Waals surface area contributed by atoms with Gasteiger partial charge >= 0.3 is 0 Å². The quantitative estimate of drug-likeness (QED) is 0.743. The maximum absolute atomic E-state index is 4.51. The molecule has 0 aliphatic heterocycles. The Bertz CT molecular complexity index is 485. The Morgan fingerprint density at radius 3 is 2.93 bits per heavy atom. The van der Waals surface area contributed by atoms with Crippen LogP contribution in [-0.4, -0.2) is 19.7 Å². The molecule has 2 aromatic heterocycles. The third kappa shape index (κ3) is 1.63. The van der Waals surface area contributed by atoms with Crippen LogP contribution >= 0.6 is 0 Å². The summed E-state index contributed by atoms with van der Waals surface area (Å²) >= 11 is 0. The predicted octanol–water partition coefficient (Wildman–Crippen LogP) is 1.85. The van der Waals surface area contributed by atoms with E-state index >= 15 is 0 Å². The molecule has 0 unspecified atom stereocenters. The van der Waals surface area contributed by atoms with Gasteiger partial charge < -0.3 is 0 Å². The van der Waals surface area contributed by atoms with Crippen molar-refractivity contribution >= 4 is 0 Å². The smallest absolute Gasteiger partial charge is 0.156 e. The summed E-state index contributed by atoms with van der Waals surface area (Å²) in [4.78, 5) is 8.79. The van der Waals surface area contributed by atoms with Crippen LogP contribution in [0.4, 0.5) is 0 Å². The van der Waals surface area contributed by atoms with Crippen molar-refractivity contribution < 1.29 is 0 Å². The molecule has 0 N–H and O–H groups in total. The Kier molecular flexibility index (Phi) is 1.80. The van der Waals surface area contributed by atoms with Crippen molar-refractivity contribution in [1.29, 1.82) is 0 Å². The first-order chi connectivity index (χ1) is 7.33. The fourth-order valence-corrected chi connectivity index (χ4v) is 1.57. The average molecular weight is 200 g/mol. The molecular weight excluding hydrogens is 188 g/mol. The number of aryl methyl sites for hydroxylation is 1. The zero-order valence-electron chi connectivity index (χ0n) is 8.59. The van der Waals surface area contributed by atoms with E-state index in [2.05, 4.69) is 15.1 Å². The molecule has 76 valence electrons. The van der Waals surface area contributed by atoms with Crippen molar-refractivity contribution in [2.24, 2.45) is 0 Å². The fourth-order valence-electron chi connectivity index (χ4n) is 1.57. The van der Waals surface area contributed by atoms with Gasteiger partial charge in [-0.25, -0.2) is 14.6 Å². The van der Waals surface area contributed by atoms with Gasteiger partial charge in [-0.3, -0.25) is 0 Å². The zero-order chi connectivity index (χ0) is 10.3. The maximum atomic E-state index is 4.51. The molecule has 1 aliphatic carbocycles. The minimum atomic E-state index is 0.585. The van der Waals surface area contributed by atoms with Gasteiger partial charge in [-0.05, 0) is 25.3 Å². The third-order valence-corrected chi connectivity index (χ3v) is 2.55. The van der Waals surface area contributed by atoms with E-state index in [0.717, 1.165) is 17.2 Å². The molecule has 0 radical (unpaired) electrons. The van der Waals surface area contributed by atoms with E-state index in [1.807, 2.05) is 31.6 Å². The minimum Gasteiger partial charge on any atom is -0.241 e. The van der Waals surface area contributed by atoms with Gasteiger partial charge in [0.05, 0.1) is 6.20 Å². The average Bonchev–Trinajstić information content (AvgIpc) is 3.02. The molecule has 1 aliphatic rings. The van der Waals surface area contributed by atoms with E-state index in [4.69, 9.17) is 0 Å². The monoisotopic (exact) mass is 200 g/mol. The lowest BCUT2D eigenvalue weighted by Crippen LogP contribution is -2.01. The Hall–Kier alpha value is -1.71. The number of aromatic nitrogens is 4. The van der Waals surface area contributed by atoms with Gasteiger partial charge in [-0.15, -0.1) is 0 Å². The Balaban J connectivity index is 2.00. The number of hydrogen-bond acceptors (Lipinski definition) is 3. The second-order valence-electron chi connectivity index (χ2n) is 4.01. The molecular formula is C11H12N4. The van der Waals surface area contributed by atoms with Crippen LogP contribution in [0.3, 0.4) is 0 Å². The molecule has 0 atom stereocenters. The summed E-state index contributed by atoms with van der Waals surface area (Å²) in [6.07, 6.45) is 8.06. The second-order valence-corrected chi connectivity index (χ2v) is 4.01. The SMILES string of the molecule is Cc1cnn(-c2ccnc(C3CC3)n2)c1. The van der Waals surface area contributed by atoms with Crippen molar-refractivity contribution in [3.8, 4) is 5.82 Å². The summed E-state index contributed by atoms with van der Waals surface area (Å²) in [5.41, 5.74) is 1.14. The topological polar surface area (TPSA) is 43.6 Å². The highest BCUT2D eigenvalue weighted by Gasteiger charge is 2.26. The standard InChI is InChI=1S/C11H12N4/c1-8-6-13-15(7-8)10-4-5-12-11(14-10)9-2-3-9/h4-7,9H,2-3H2,1H3. The van der Waals surface area contributed by atoms with Gasteiger partial charge in [-0.2, -0.15) is 5.10 Å². The maximum Gasteiger partial charge on any atom is 0.156 e. The lowest BCUT2D eigenvalue weighted by atomic mass is 10.4. The minimum absolute atomic E-state index is 0.585. The molecule has 0 spiro atoms. The summed E-state index contributed by atoms with van der Waals surface area (Å²) in [5, 5.41) is 4.23. The van der Waals surface area contributed by atoms with Gasteiger partial charge in [0.2, 0.25) is 0 Å². The van der Waals surface area contributed by atoms with Crippen molar-refractivity contribution in [2.45, 2.75) is 25.7 Å². The summed E-state index contributed by atoms with van der Waals surface area (Å²) in [5.74, 6) is 2.40. The number of rotatable bonds is 2. The molecule has 0 saturated heterocycles. The predicted molar refractivity (Wildman–Crippen MR) is 55.9 cm³/mol. The molecule has 0 aromatic carbocycles. The molecule has 1 saturated carbocycles. The summed E-state index contributed by atoms with van der Waals surface area (Å²) in [6.45, 7) is 2.02. The van der Waals surface area contributed by atoms with Crippen molar-refractivity contribution in [2.75, 3.05) is 0 Å². The van der Waals surface area contributed by atoms with Crippen molar-refractivity contribution in [3.05, 3.63) is 36.0 Å². The normalized spacial score (nSPS) is 15.5. The summed E-state index contributed by atoms with van der Waals surface area (Å²) < 4.78 is 1.79. The first kappa shape index (κ1) is 8.59. The van der Waals surface area contributed by atoms with Crippen LogP contribution in [0.1, 0.15) is 30.1 Å². The second kappa shape index (κ2) is 3.15. The Morgan fingerprint density at radius 1 is 1.40 bits per heavy atom. The molecule has 2 heterocycles. The van der Waals surface area contributed by atoms with E-state index < -0.39 is 0 Å². The lowest BCUT2D eigenvalue weighted by molar-refractivity contribution is 0.809. The van der Waals surface area contributed by atoms with E-state index in [1.54, 1.807) is 4.68 Å². The summed E-state index contributed by atoms with van der Waals surface area (Å²) in [6, 6.07) is 1.89. The van der Waals surface area contributed by atoms with Crippen LogP contribution in [0.2, 0.25) is 0 Å². The number of nitrogens with zero attached hydrogens (tertiary/aromatic N) is 4. The Morgan fingerprint density at radius 2 is 2.27 bits per heavy atom. The molecule has 4 heteroatoms. The van der Waals surface area contributed by atoms with Crippen LogP contribution < -0.4 is 0 Å². The highest BCUT2D eigenvalue weighted by Crippen LogP contribution is 2.37. The molecule has 1 fully saturated rings. The molecule has 0 bridgehead atoms. The molecule has 15 heavy (non-hydrogen) atoms. The van der Waals surface area contributed by atoms with Gasteiger partial charge in [0, 0.05) is 24.4 Å². The summed E-state index contributed by atoms with van der Waals surface area (Å²) in [7, 11) is 0. The van der Waals surface area contributed by atoms with Crippen LogP contribution in [0.5, 0.6) is 0 Å². The van der Waals surface area contributed by atoms with Crippen LogP contribution in [-0.2, 0) is 0 Å². The first-order valence-corrected chi connectivity index (χ1v) is 5.17. The highest BCUT2D eigenvalue weighted by atomic mass is 15.3. The van der Waals surface area contributed by atoms with E-state index in [-0.39, 0.29) is 0 Å². The van der Waals surface area contributed by atoms with Gasteiger partial charge in [0.1, 0.15) is 5.82 Å². The molecule has 4 nitrogen and oxygen atoms in total. The van der Waals surface area contributed by atoms with Crippen LogP contribution in [0, 0.1) is 6.92 Å².